The summed E-state index contributed by atoms with van der Waals surface area (Å²) in [7, 11) is 0. The molecule has 6 nitrogen and oxygen atoms in total. The molecule has 83 heavy (non-hydrogen) atoms. The second-order valence-electron chi connectivity index (χ2n) is 20.6. The van der Waals surface area contributed by atoms with Gasteiger partial charge in [-0.2, -0.15) is 0 Å². The molecule has 0 aromatic heterocycles. The summed E-state index contributed by atoms with van der Waals surface area (Å²) in [5, 5.41) is 0. The molecule has 0 aliphatic carbocycles. The van der Waals surface area contributed by atoms with Crippen molar-refractivity contribution in [2.75, 3.05) is 13.2 Å². The number of carbonyl (C=O) groups is 3. The van der Waals surface area contributed by atoms with E-state index in [1.807, 2.05) is 0 Å². The summed E-state index contributed by atoms with van der Waals surface area (Å²) in [6.07, 6.45) is 106. The van der Waals surface area contributed by atoms with Crippen molar-refractivity contribution in [1.29, 1.82) is 0 Å². The molecule has 0 saturated heterocycles. The molecular formula is C77H116O6. The molecule has 0 aromatic rings. The van der Waals surface area contributed by atoms with Crippen molar-refractivity contribution >= 4 is 17.9 Å². The SMILES string of the molecule is CC/C=C\C/C=C\C/C=C\C/C=C\C/C=C\C/C=C\C/C=C\C/C=C\C/C=C\C/C=C\CCCCCCC(=O)OCC(COC(=O)CCCCCCC)OC(=O)CCCCC/C=C\C/C=C\C/C=C\C/C=C\C/C=C\C/C=C\C/C=C\CC. The molecular weight excluding hydrogens is 1020 g/mol. The number of carbonyl (C=O) groups excluding carboxylic acids is 3. The first-order valence-corrected chi connectivity index (χ1v) is 32.6. The Morgan fingerprint density at radius 1 is 0.253 bits per heavy atom. The average molecular weight is 1140 g/mol. The van der Waals surface area contributed by atoms with Gasteiger partial charge in [-0.1, -0.05) is 272 Å². The molecule has 0 heterocycles. The number of hydrogen-bond acceptors (Lipinski definition) is 6. The number of hydrogen-bond donors (Lipinski definition) is 0. The molecule has 0 aliphatic rings. The van der Waals surface area contributed by atoms with Crippen LogP contribution >= 0.6 is 0 Å². The Bertz CT molecular complexity index is 2030. The van der Waals surface area contributed by atoms with Gasteiger partial charge in [0.15, 0.2) is 6.10 Å². The fourth-order valence-corrected chi connectivity index (χ4v) is 7.98. The van der Waals surface area contributed by atoms with Gasteiger partial charge in [0.2, 0.25) is 0 Å². The quantitative estimate of drug-likeness (QED) is 0.0261. The van der Waals surface area contributed by atoms with E-state index in [0.717, 1.165) is 193 Å². The molecule has 1 unspecified atom stereocenters. The van der Waals surface area contributed by atoms with Crippen LogP contribution in [0.1, 0.15) is 239 Å². The van der Waals surface area contributed by atoms with Gasteiger partial charge in [0.05, 0.1) is 0 Å². The Balaban J connectivity index is 4.23. The van der Waals surface area contributed by atoms with Crippen LogP contribution in [0.5, 0.6) is 0 Å². The summed E-state index contributed by atoms with van der Waals surface area (Å²) < 4.78 is 16.7. The fourth-order valence-electron chi connectivity index (χ4n) is 7.98. The smallest absolute Gasteiger partial charge is 0.306 e. The number of allylic oxidation sites excluding steroid dienone is 34. The van der Waals surface area contributed by atoms with Crippen LogP contribution in [0.4, 0.5) is 0 Å². The normalized spacial score (nSPS) is 13.5. The fraction of sp³-hybridized carbons (Fsp3) is 0.519. The van der Waals surface area contributed by atoms with Gasteiger partial charge in [-0.15, -0.1) is 0 Å². The van der Waals surface area contributed by atoms with E-state index >= 15 is 0 Å². The zero-order valence-electron chi connectivity index (χ0n) is 52.6. The van der Waals surface area contributed by atoms with Crippen LogP contribution in [0, 0.1) is 0 Å². The largest absolute Gasteiger partial charge is 0.462 e. The van der Waals surface area contributed by atoms with Gasteiger partial charge < -0.3 is 14.2 Å². The van der Waals surface area contributed by atoms with Crippen LogP contribution < -0.4 is 0 Å². The van der Waals surface area contributed by atoms with Crippen molar-refractivity contribution in [2.45, 2.75) is 245 Å². The van der Waals surface area contributed by atoms with E-state index in [-0.39, 0.29) is 37.5 Å². The molecule has 0 radical (unpaired) electrons. The molecule has 460 valence electrons. The van der Waals surface area contributed by atoms with Crippen LogP contribution in [0.2, 0.25) is 0 Å². The Labute approximate surface area is 509 Å². The lowest BCUT2D eigenvalue weighted by atomic mass is 10.1. The van der Waals surface area contributed by atoms with Crippen molar-refractivity contribution in [3.63, 3.8) is 0 Å². The molecule has 1 atom stereocenters. The summed E-state index contributed by atoms with van der Waals surface area (Å²) in [5.74, 6) is -0.998. The van der Waals surface area contributed by atoms with E-state index in [4.69, 9.17) is 14.2 Å². The molecule has 0 aliphatic heterocycles. The Morgan fingerprint density at radius 2 is 0.470 bits per heavy atom. The summed E-state index contributed by atoms with van der Waals surface area (Å²) in [5.41, 5.74) is 0. The molecule has 0 fully saturated rings. The summed E-state index contributed by atoms with van der Waals surface area (Å²) in [6, 6.07) is 0. The number of unbranched alkanes of at least 4 members (excludes halogenated alkanes) is 11. The van der Waals surface area contributed by atoms with Crippen LogP contribution in [0.15, 0.2) is 207 Å². The molecule has 0 N–H and O–H groups in total. The summed E-state index contributed by atoms with van der Waals surface area (Å²) in [4.78, 5) is 37.9. The van der Waals surface area contributed by atoms with Gasteiger partial charge in [-0.3, -0.25) is 14.4 Å². The number of ether oxygens (including phenoxy) is 3. The lowest BCUT2D eigenvalue weighted by molar-refractivity contribution is -0.167. The van der Waals surface area contributed by atoms with Gasteiger partial charge in [-0.25, -0.2) is 0 Å². The maximum absolute atomic E-state index is 12.8. The van der Waals surface area contributed by atoms with Crippen molar-refractivity contribution in [3.05, 3.63) is 207 Å². The number of rotatable bonds is 56. The van der Waals surface area contributed by atoms with E-state index in [9.17, 15) is 14.4 Å². The maximum Gasteiger partial charge on any atom is 0.306 e. The van der Waals surface area contributed by atoms with E-state index < -0.39 is 6.10 Å². The van der Waals surface area contributed by atoms with Gasteiger partial charge in [0.1, 0.15) is 13.2 Å². The van der Waals surface area contributed by atoms with Crippen LogP contribution in [-0.4, -0.2) is 37.2 Å². The van der Waals surface area contributed by atoms with Crippen molar-refractivity contribution in [3.8, 4) is 0 Å². The lowest BCUT2D eigenvalue weighted by Gasteiger charge is -2.18. The van der Waals surface area contributed by atoms with Gasteiger partial charge in [0.25, 0.3) is 0 Å². The van der Waals surface area contributed by atoms with E-state index in [0.29, 0.717) is 19.3 Å². The Morgan fingerprint density at radius 3 is 0.735 bits per heavy atom. The highest BCUT2D eigenvalue weighted by Gasteiger charge is 2.19. The van der Waals surface area contributed by atoms with Gasteiger partial charge in [0, 0.05) is 19.3 Å². The van der Waals surface area contributed by atoms with E-state index in [1.165, 1.54) is 0 Å². The van der Waals surface area contributed by atoms with Crippen LogP contribution in [0.3, 0.4) is 0 Å². The molecule has 0 aromatic carbocycles. The molecule has 0 spiro atoms. The second-order valence-corrected chi connectivity index (χ2v) is 20.6. The zero-order chi connectivity index (χ0) is 59.9. The third-order valence-electron chi connectivity index (χ3n) is 12.8. The molecule has 0 saturated carbocycles. The monoisotopic (exact) mass is 1140 g/mol. The molecule has 0 bridgehead atoms. The van der Waals surface area contributed by atoms with Crippen LogP contribution in [0.25, 0.3) is 0 Å². The first-order chi connectivity index (χ1) is 41.0. The first kappa shape index (κ1) is 77.0. The maximum atomic E-state index is 12.8. The predicted octanol–water partition coefficient (Wildman–Crippen LogP) is 22.8. The topological polar surface area (TPSA) is 78.9 Å². The lowest BCUT2D eigenvalue weighted by Crippen LogP contribution is -2.30. The predicted molar refractivity (Wildman–Crippen MR) is 361 cm³/mol. The molecule has 6 heteroatoms. The summed E-state index contributed by atoms with van der Waals surface area (Å²) >= 11 is 0. The molecule has 0 amide bonds. The van der Waals surface area contributed by atoms with Crippen molar-refractivity contribution in [2.24, 2.45) is 0 Å². The van der Waals surface area contributed by atoms with E-state index in [2.05, 4.69) is 227 Å². The van der Waals surface area contributed by atoms with Crippen molar-refractivity contribution < 1.29 is 28.6 Å². The highest BCUT2D eigenvalue weighted by atomic mass is 16.6. The minimum Gasteiger partial charge on any atom is -0.462 e. The highest BCUT2D eigenvalue weighted by molar-refractivity contribution is 5.71. The van der Waals surface area contributed by atoms with E-state index in [1.54, 1.807) is 0 Å². The van der Waals surface area contributed by atoms with Gasteiger partial charge in [-0.05, 0) is 154 Å². The Kier molecular flexibility index (Phi) is 63.5. The van der Waals surface area contributed by atoms with Crippen LogP contribution in [-0.2, 0) is 28.6 Å². The second kappa shape index (κ2) is 68.5. The minimum atomic E-state index is -0.816. The Hall–Kier alpha value is -6.01. The standard InChI is InChI=1S/C77H116O6/c1-4-7-10-13-15-17-19-21-23-25-27-29-31-33-34-35-36-37-38-39-40-41-42-44-45-47-49-51-53-55-57-59-61-64-67-70-76(79)82-73-74(72-81-75(78)69-66-63-12-9-6-3)83-77(80)71-68-65-62-60-58-56-54-52-50-48-46-43-32-30-28-26-24-22-20-18-16-14-11-8-5-2/h7-8,10-11,15-18,21-24,27-30,33-34,36-37,39-40,42-44,46-47,49-50,52-53,55-56,58,74H,4-6,9,12-14,19-20,25-26,31-32,35,38,41,45,48,51,54,57,59-73H2,1-3H3/b10-7-,11-8-,17-15-,18-16-,23-21-,24-22-,29-27-,30-28-,34-33-,37-36-,40-39-,44-42-,46-43-,49-47-,52-50-,55-53-,58-56-. The third kappa shape index (κ3) is 66.7. The van der Waals surface area contributed by atoms with Crippen molar-refractivity contribution in [1.82, 2.24) is 0 Å². The minimum absolute atomic E-state index is 0.111. The first-order valence-electron chi connectivity index (χ1n) is 32.6. The third-order valence-corrected chi connectivity index (χ3v) is 12.8. The number of esters is 3. The van der Waals surface area contributed by atoms with Gasteiger partial charge >= 0.3 is 17.9 Å². The zero-order valence-corrected chi connectivity index (χ0v) is 52.6. The summed E-state index contributed by atoms with van der Waals surface area (Å²) in [6.45, 7) is 6.25. The molecule has 0 rings (SSSR count). The average Bonchev–Trinajstić information content (AvgIpc) is 3.49. The highest BCUT2D eigenvalue weighted by Crippen LogP contribution is 2.12.